The van der Waals surface area contributed by atoms with Gasteiger partial charge in [0.1, 0.15) is 24.6 Å². The van der Waals surface area contributed by atoms with Gasteiger partial charge in [0, 0.05) is 19.3 Å². The molecule has 0 spiro atoms. The molecule has 2 bridgehead atoms. The fraction of sp³-hybridized carbons (Fsp3) is 0.345. The molecule has 4 heterocycles. The molecule has 0 N–H and O–H groups in total. The first-order chi connectivity index (χ1) is 18.6. The van der Waals surface area contributed by atoms with Crippen LogP contribution in [-0.2, 0) is 16.0 Å². The van der Waals surface area contributed by atoms with Gasteiger partial charge in [0.2, 0.25) is 5.91 Å². The minimum absolute atomic E-state index is 0.0908. The number of nitrogens with zero attached hydrogens (tertiary/aromatic N) is 3. The van der Waals surface area contributed by atoms with Gasteiger partial charge in [0.05, 0.1) is 33.5 Å². The molecule has 6 rings (SSSR count). The van der Waals surface area contributed by atoms with Crippen LogP contribution in [0.25, 0.3) is 0 Å². The summed E-state index contributed by atoms with van der Waals surface area (Å²) in [6.07, 6.45) is 2.22. The smallest absolute Gasteiger partial charge is 0.272 e. The third kappa shape index (κ3) is 5.28. The number of benzene rings is 2. The van der Waals surface area contributed by atoms with Gasteiger partial charge in [-0.3, -0.25) is 14.6 Å². The molecule has 1 aromatic heterocycles. The normalized spacial score (nSPS) is 17.9. The molecule has 9 nitrogen and oxygen atoms in total. The average Bonchev–Trinajstić information content (AvgIpc) is 2.97. The number of ether oxygens (including phenoxy) is 4. The van der Waals surface area contributed by atoms with E-state index in [0.29, 0.717) is 37.7 Å². The molecular formula is C29H31N3O6. The molecule has 9 heteroatoms. The summed E-state index contributed by atoms with van der Waals surface area (Å²) in [7, 11) is 3.21. The van der Waals surface area contributed by atoms with Gasteiger partial charge in [0.15, 0.2) is 11.5 Å². The zero-order valence-electron chi connectivity index (χ0n) is 21.6. The van der Waals surface area contributed by atoms with Crippen LogP contribution in [0.1, 0.15) is 33.2 Å². The Morgan fingerprint density at radius 2 is 1.76 bits per heavy atom. The van der Waals surface area contributed by atoms with Crippen molar-refractivity contribution in [1.82, 2.24) is 14.8 Å². The van der Waals surface area contributed by atoms with E-state index in [-0.39, 0.29) is 43.2 Å². The Hall–Kier alpha value is -4.11. The fourth-order valence-corrected chi connectivity index (χ4v) is 4.97. The summed E-state index contributed by atoms with van der Waals surface area (Å²) in [6.45, 7) is 1.67. The molecule has 3 aliphatic rings. The zero-order chi connectivity index (χ0) is 26.5. The largest absolute Gasteiger partial charge is 0.493 e. The van der Waals surface area contributed by atoms with Gasteiger partial charge >= 0.3 is 0 Å². The van der Waals surface area contributed by atoms with Crippen LogP contribution >= 0.6 is 0 Å². The number of rotatable bonds is 3. The van der Waals surface area contributed by atoms with Gasteiger partial charge in [-0.2, -0.15) is 0 Å². The van der Waals surface area contributed by atoms with Crippen molar-refractivity contribution in [2.24, 2.45) is 0 Å². The number of methoxy groups -OCH3 is 2. The highest BCUT2D eigenvalue weighted by atomic mass is 16.5. The van der Waals surface area contributed by atoms with Crippen LogP contribution in [0.2, 0.25) is 0 Å². The summed E-state index contributed by atoms with van der Waals surface area (Å²) in [5, 5.41) is 0. The monoisotopic (exact) mass is 517 g/mol. The number of amides is 2. The number of carbonyl (C=O) groups excluding carboxylic acids is 2. The van der Waals surface area contributed by atoms with Crippen molar-refractivity contribution in [2.45, 2.75) is 12.5 Å². The van der Waals surface area contributed by atoms with Crippen molar-refractivity contribution >= 4 is 11.8 Å². The predicted molar refractivity (Wildman–Crippen MR) is 140 cm³/mol. The van der Waals surface area contributed by atoms with Crippen LogP contribution < -0.4 is 14.2 Å². The van der Waals surface area contributed by atoms with E-state index in [1.165, 1.54) is 4.90 Å². The summed E-state index contributed by atoms with van der Waals surface area (Å²) >= 11 is 0. The zero-order valence-corrected chi connectivity index (χ0v) is 21.6. The number of aromatic nitrogens is 1. The van der Waals surface area contributed by atoms with E-state index in [0.717, 1.165) is 22.4 Å². The maximum Gasteiger partial charge on any atom is 0.272 e. The predicted octanol–water partition coefficient (Wildman–Crippen LogP) is 3.12. The molecule has 0 radical (unpaired) electrons. The minimum atomic E-state index is -0.367. The maximum absolute atomic E-state index is 13.9. The summed E-state index contributed by atoms with van der Waals surface area (Å²) in [4.78, 5) is 34.8. The first kappa shape index (κ1) is 25.5. The lowest BCUT2D eigenvalue weighted by molar-refractivity contribution is -0.134. The van der Waals surface area contributed by atoms with Crippen molar-refractivity contribution in [3.05, 3.63) is 83.2 Å². The molecule has 1 atom stereocenters. The van der Waals surface area contributed by atoms with E-state index in [2.05, 4.69) is 4.98 Å². The summed E-state index contributed by atoms with van der Waals surface area (Å²) < 4.78 is 22.7. The van der Waals surface area contributed by atoms with Crippen molar-refractivity contribution in [3.8, 4) is 17.2 Å². The Morgan fingerprint density at radius 3 is 2.50 bits per heavy atom. The number of hydrogen-bond donors (Lipinski definition) is 0. The minimum Gasteiger partial charge on any atom is -0.493 e. The quantitative estimate of drug-likeness (QED) is 0.493. The third-order valence-corrected chi connectivity index (χ3v) is 6.89. The van der Waals surface area contributed by atoms with E-state index in [1.807, 2.05) is 41.3 Å². The van der Waals surface area contributed by atoms with E-state index in [4.69, 9.17) is 18.9 Å². The highest BCUT2D eigenvalue weighted by molar-refractivity contribution is 5.95. The Kier molecular flexibility index (Phi) is 7.74. The molecule has 2 amide bonds. The van der Waals surface area contributed by atoms with Crippen molar-refractivity contribution in [1.29, 1.82) is 0 Å². The second kappa shape index (κ2) is 11.5. The van der Waals surface area contributed by atoms with Crippen LogP contribution in [0, 0.1) is 0 Å². The van der Waals surface area contributed by atoms with Gasteiger partial charge in [-0.15, -0.1) is 0 Å². The van der Waals surface area contributed by atoms with Crippen molar-refractivity contribution in [3.63, 3.8) is 0 Å². The van der Waals surface area contributed by atoms with E-state index in [9.17, 15) is 9.59 Å². The lowest BCUT2D eigenvalue weighted by atomic mass is 9.87. The molecular weight excluding hydrogens is 486 g/mol. The van der Waals surface area contributed by atoms with E-state index >= 15 is 0 Å². The lowest BCUT2D eigenvalue weighted by Gasteiger charge is -2.39. The van der Waals surface area contributed by atoms with Gasteiger partial charge in [-0.05, 0) is 59.5 Å². The SMILES string of the molecule is COc1cc2c(cc1OC)C1c3ccc(cc3)OCCOCCN(C(=O)c3ccccn3)CC(=O)N1CC2. The lowest BCUT2D eigenvalue weighted by Crippen LogP contribution is -2.47. The Morgan fingerprint density at radius 1 is 0.974 bits per heavy atom. The standard InChI is InChI=1S/C29H31N3O6/c1-35-25-17-21-10-12-32-27(33)19-31(29(34)24-5-3-4-11-30-24)13-14-37-15-16-38-22-8-6-20(7-9-22)28(32)23(21)18-26(25)36-2/h3-9,11,17-18,28H,10,12-16,19H2,1-2H3. The number of hydrogen-bond acceptors (Lipinski definition) is 7. The highest BCUT2D eigenvalue weighted by Crippen LogP contribution is 2.41. The molecule has 0 saturated carbocycles. The average molecular weight is 518 g/mol. The number of fused-ring (bicyclic) bond motifs is 11. The fourth-order valence-electron chi connectivity index (χ4n) is 4.97. The van der Waals surface area contributed by atoms with Gasteiger partial charge < -0.3 is 28.7 Å². The molecule has 0 fully saturated rings. The Labute approximate surface area is 221 Å². The maximum atomic E-state index is 13.9. The van der Waals surface area contributed by atoms with Crippen LogP contribution in [-0.4, -0.2) is 80.3 Å². The summed E-state index contributed by atoms with van der Waals surface area (Å²) in [5.74, 6) is 1.50. The van der Waals surface area contributed by atoms with E-state index < -0.39 is 0 Å². The van der Waals surface area contributed by atoms with Crippen molar-refractivity contribution in [2.75, 3.05) is 53.7 Å². The van der Waals surface area contributed by atoms with Crippen LogP contribution in [0.5, 0.6) is 17.2 Å². The van der Waals surface area contributed by atoms with Crippen LogP contribution in [0.15, 0.2) is 60.8 Å². The Bertz CT molecular complexity index is 1280. The van der Waals surface area contributed by atoms with Gasteiger partial charge in [-0.1, -0.05) is 18.2 Å². The van der Waals surface area contributed by atoms with Crippen LogP contribution in [0.3, 0.4) is 0 Å². The molecule has 38 heavy (non-hydrogen) atoms. The number of pyridine rings is 1. The van der Waals surface area contributed by atoms with Gasteiger partial charge in [0.25, 0.3) is 5.91 Å². The topological polar surface area (TPSA) is 90.4 Å². The molecule has 0 saturated heterocycles. The first-order valence-corrected chi connectivity index (χ1v) is 12.6. The molecule has 3 aliphatic heterocycles. The molecule has 198 valence electrons. The second-order valence-corrected chi connectivity index (χ2v) is 9.12. The molecule has 2 aromatic carbocycles. The Balaban J connectivity index is 1.54. The molecule has 1 unspecified atom stereocenters. The highest BCUT2D eigenvalue weighted by Gasteiger charge is 2.35. The van der Waals surface area contributed by atoms with Crippen LogP contribution in [0.4, 0.5) is 0 Å². The third-order valence-electron chi connectivity index (χ3n) is 6.89. The molecule has 3 aromatic rings. The second-order valence-electron chi connectivity index (χ2n) is 9.12. The summed E-state index contributed by atoms with van der Waals surface area (Å²) in [5.41, 5.74) is 3.28. The molecule has 0 aliphatic carbocycles. The van der Waals surface area contributed by atoms with E-state index in [1.54, 1.807) is 38.6 Å². The number of carbonyl (C=O) groups is 2. The van der Waals surface area contributed by atoms with Gasteiger partial charge in [-0.25, -0.2) is 0 Å². The first-order valence-electron chi connectivity index (χ1n) is 12.6. The summed E-state index contributed by atoms with van der Waals surface area (Å²) in [6, 6.07) is 16.5. The van der Waals surface area contributed by atoms with Crippen molar-refractivity contribution < 1.29 is 28.5 Å².